The Kier molecular flexibility index (Phi) is 23.1. The van der Waals surface area contributed by atoms with Gasteiger partial charge < -0.3 is 69.0 Å². The predicted octanol–water partition coefficient (Wildman–Crippen LogP) is -0.0953. The van der Waals surface area contributed by atoms with Crippen LogP contribution < -0.4 is 48.7 Å². The second kappa shape index (κ2) is 29.3. The van der Waals surface area contributed by atoms with Crippen molar-refractivity contribution in [1.82, 2.24) is 42.2 Å². The molecule has 1 heterocycles. The summed E-state index contributed by atoms with van der Waals surface area (Å²) in [6.45, 7) is 2.57. The van der Waals surface area contributed by atoms with Gasteiger partial charge in [0.2, 0.25) is 41.4 Å². The standard InChI is InChI=1S/C53H68N10O11S2/c1-29(64)44(52(72)61-43(28-76)51(71)63-45(30(2)65)53(73)74)62-47(67)39(21-10-11-22-54)57-48(68)41(25-34-26-56-38-20-9-8-19-36(34)38)58-49(69)40(24-33-17-12-16-32-15-6-7-18-35(32)33)59-50(70)42(27-75)60-46(66)37(55)23-31-13-4-3-5-14-31/h3-9,12-20,26,29-30,37,39-45,56,64-65,75-76H,10-11,21-25,27-28,54-55H2,1-2H3,(H,57,68)(H,58,69)(H,59,70)(H,60,66)(H,61,72)(H,62,67)(H,63,71)(H,73,74)/t29-,30-,37-,39+,40+,41-,42+,43+,44+,45+/m1/s1. The van der Waals surface area contributed by atoms with E-state index in [1.54, 1.807) is 24.4 Å². The van der Waals surface area contributed by atoms with Crippen molar-refractivity contribution in [1.29, 1.82) is 0 Å². The van der Waals surface area contributed by atoms with E-state index >= 15 is 0 Å². The van der Waals surface area contributed by atoms with E-state index in [1.807, 2.05) is 78.9 Å². The van der Waals surface area contributed by atoms with Crippen LogP contribution in [0.5, 0.6) is 0 Å². The van der Waals surface area contributed by atoms with Crippen molar-refractivity contribution in [3.8, 4) is 0 Å². The van der Waals surface area contributed by atoms with Gasteiger partial charge in [-0.3, -0.25) is 33.6 Å². The number of carbonyl (C=O) groups is 8. The van der Waals surface area contributed by atoms with Gasteiger partial charge in [0.25, 0.3) is 0 Å². The molecule has 0 saturated carbocycles. The number of aliphatic hydroxyl groups is 2. The molecule has 76 heavy (non-hydrogen) atoms. The number of unbranched alkanes of at least 4 members (excludes halogenated alkanes) is 1. The Morgan fingerprint density at radius 2 is 1.01 bits per heavy atom. The Morgan fingerprint density at radius 1 is 0.526 bits per heavy atom. The molecule has 0 aliphatic rings. The number of amides is 7. The predicted molar refractivity (Wildman–Crippen MR) is 293 cm³/mol. The van der Waals surface area contributed by atoms with Crippen molar-refractivity contribution in [2.24, 2.45) is 11.5 Å². The Morgan fingerprint density at radius 3 is 1.62 bits per heavy atom. The van der Waals surface area contributed by atoms with E-state index in [1.165, 1.54) is 6.92 Å². The van der Waals surface area contributed by atoms with E-state index in [2.05, 4.69) is 67.5 Å². The summed E-state index contributed by atoms with van der Waals surface area (Å²) in [7, 11) is 0. The molecule has 0 saturated heterocycles. The van der Waals surface area contributed by atoms with Crippen molar-refractivity contribution in [2.75, 3.05) is 18.1 Å². The van der Waals surface area contributed by atoms with Crippen LogP contribution in [0.4, 0.5) is 0 Å². The van der Waals surface area contributed by atoms with Crippen LogP contribution in [0, 0.1) is 0 Å². The zero-order valence-electron chi connectivity index (χ0n) is 42.1. The number of thiol groups is 2. The van der Waals surface area contributed by atoms with E-state index in [-0.39, 0.29) is 43.7 Å². The minimum Gasteiger partial charge on any atom is -0.480 e. The maximum atomic E-state index is 14.9. The van der Waals surface area contributed by atoms with Crippen molar-refractivity contribution >= 4 is 94.3 Å². The monoisotopic (exact) mass is 1080 g/mol. The lowest BCUT2D eigenvalue weighted by Gasteiger charge is -2.28. The summed E-state index contributed by atoms with van der Waals surface area (Å²) < 4.78 is 0. The second-order valence-electron chi connectivity index (χ2n) is 18.4. The molecule has 0 aliphatic carbocycles. The fraction of sp³-hybridized carbons (Fsp3) is 0.396. The number of rotatable bonds is 29. The molecule has 21 nitrogen and oxygen atoms in total. The fourth-order valence-corrected chi connectivity index (χ4v) is 8.91. The summed E-state index contributed by atoms with van der Waals surface area (Å²) in [6, 6.07) is 17.9. The maximum Gasteiger partial charge on any atom is 0.328 e. The number of carbonyl (C=O) groups excluding carboxylic acids is 7. The smallest absolute Gasteiger partial charge is 0.328 e. The third-order valence-electron chi connectivity index (χ3n) is 12.6. The summed E-state index contributed by atoms with van der Waals surface area (Å²) in [4.78, 5) is 113. The van der Waals surface area contributed by atoms with Crippen LogP contribution in [0.3, 0.4) is 0 Å². The summed E-state index contributed by atoms with van der Waals surface area (Å²) in [5.74, 6) is -8.10. The first-order valence-corrected chi connectivity index (χ1v) is 26.1. The third-order valence-corrected chi connectivity index (χ3v) is 13.4. The third kappa shape index (κ3) is 17.0. The Labute approximate surface area is 450 Å². The zero-order valence-corrected chi connectivity index (χ0v) is 43.9. The molecule has 15 N–H and O–H groups in total. The average Bonchev–Trinajstić information content (AvgIpc) is 3.81. The first kappa shape index (κ1) is 59.9. The number of hydrogen-bond donors (Lipinski definition) is 15. The van der Waals surface area contributed by atoms with Gasteiger partial charge in [0.15, 0.2) is 6.04 Å². The highest BCUT2D eigenvalue weighted by Gasteiger charge is 2.36. The van der Waals surface area contributed by atoms with Crippen LogP contribution in [0.15, 0.2) is 103 Å². The molecule has 5 rings (SSSR count). The largest absolute Gasteiger partial charge is 0.480 e. The Bertz CT molecular complexity index is 2790. The molecule has 10 atom stereocenters. The van der Waals surface area contributed by atoms with Gasteiger partial charge in [0, 0.05) is 41.4 Å². The number of nitrogens with one attached hydrogen (secondary N) is 8. The fourth-order valence-electron chi connectivity index (χ4n) is 8.40. The maximum absolute atomic E-state index is 14.9. The highest BCUT2D eigenvalue weighted by atomic mass is 32.1. The van der Waals surface area contributed by atoms with Crippen molar-refractivity contribution in [2.45, 2.75) is 113 Å². The number of benzene rings is 4. The van der Waals surface area contributed by atoms with Crippen LogP contribution in [-0.4, -0.2) is 146 Å². The van der Waals surface area contributed by atoms with E-state index < -0.39 is 108 Å². The van der Waals surface area contributed by atoms with E-state index in [0.29, 0.717) is 24.0 Å². The van der Waals surface area contributed by atoms with Crippen molar-refractivity contribution in [3.63, 3.8) is 0 Å². The number of aliphatic hydroxyl groups excluding tert-OH is 2. The number of hydrogen-bond acceptors (Lipinski definition) is 14. The summed E-state index contributed by atoms with van der Waals surface area (Å²) in [5, 5.41) is 50.4. The van der Waals surface area contributed by atoms with E-state index in [0.717, 1.165) is 34.2 Å². The molecule has 7 amide bonds. The molecule has 0 bridgehead atoms. The number of para-hydroxylation sites is 1. The minimum atomic E-state index is -1.73. The molecule has 0 unspecified atom stereocenters. The summed E-state index contributed by atoms with van der Waals surface area (Å²) in [6.07, 6.45) is -0.746. The van der Waals surface area contributed by atoms with Crippen molar-refractivity contribution in [3.05, 3.63) is 120 Å². The average molecular weight is 1090 g/mol. The number of carboxylic acids is 1. The van der Waals surface area contributed by atoms with Gasteiger partial charge >= 0.3 is 5.97 Å². The van der Waals surface area contributed by atoms with E-state index in [9.17, 15) is 53.7 Å². The molecule has 0 aliphatic heterocycles. The number of H-pyrrole nitrogens is 1. The lowest BCUT2D eigenvalue weighted by molar-refractivity contribution is -0.145. The highest BCUT2D eigenvalue weighted by Crippen LogP contribution is 2.22. The molecule has 0 fully saturated rings. The molecule has 0 radical (unpaired) electrons. The van der Waals surface area contributed by atoms with Crippen LogP contribution in [0.25, 0.3) is 21.7 Å². The zero-order chi connectivity index (χ0) is 55.5. The van der Waals surface area contributed by atoms with Crippen LogP contribution >= 0.6 is 25.3 Å². The minimum absolute atomic E-state index is 0.0279. The van der Waals surface area contributed by atoms with Gasteiger partial charge in [-0.1, -0.05) is 91.0 Å². The van der Waals surface area contributed by atoms with Gasteiger partial charge in [0.05, 0.1) is 18.2 Å². The highest BCUT2D eigenvalue weighted by molar-refractivity contribution is 7.80. The van der Waals surface area contributed by atoms with Gasteiger partial charge in [-0.25, -0.2) is 4.79 Å². The number of carboxylic acid groups (broad SMARTS) is 1. The van der Waals surface area contributed by atoms with Crippen LogP contribution in [0.2, 0.25) is 0 Å². The van der Waals surface area contributed by atoms with Gasteiger partial charge in [-0.15, -0.1) is 0 Å². The normalized spacial score (nSPS) is 15.3. The molecule has 0 spiro atoms. The lowest BCUT2D eigenvalue weighted by Crippen LogP contribution is -2.62. The summed E-state index contributed by atoms with van der Waals surface area (Å²) in [5.41, 5.74) is 14.9. The van der Waals surface area contributed by atoms with Gasteiger partial charge in [0.1, 0.15) is 36.3 Å². The molecule has 408 valence electrons. The summed E-state index contributed by atoms with van der Waals surface area (Å²) >= 11 is 8.46. The molecular formula is C53H68N10O11S2. The molecule has 4 aromatic carbocycles. The van der Waals surface area contributed by atoms with Crippen LogP contribution in [0.1, 0.15) is 49.8 Å². The van der Waals surface area contributed by atoms with Gasteiger partial charge in [-0.2, -0.15) is 25.3 Å². The quantitative estimate of drug-likeness (QED) is 0.0220. The van der Waals surface area contributed by atoms with Crippen molar-refractivity contribution < 1.29 is 53.7 Å². The Hall–Kier alpha value is -7.02. The number of aromatic amines is 1. The van der Waals surface area contributed by atoms with Crippen LogP contribution in [-0.2, 0) is 57.6 Å². The topological polar surface area (TPSA) is 349 Å². The number of fused-ring (bicyclic) bond motifs is 2. The molecule has 23 heteroatoms. The number of aromatic nitrogens is 1. The second-order valence-corrected chi connectivity index (χ2v) is 19.2. The molecular weight excluding hydrogens is 1020 g/mol. The van der Waals surface area contributed by atoms with E-state index in [4.69, 9.17) is 11.5 Å². The first-order valence-electron chi connectivity index (χ1n) is 24.8. The van der Waals surface area contributed by atoms with Gasteiger partial charge in [-0.05, 0) is 79.6 Å². The molecule has 1 aromatic heterocycles. The number of aliphatic carboxylic acids is 1. The molecule has 5 aromatic rings. The lowest BCUT2D eigenvalue weighted by atomic mass is 9.97. The SMILES string of the molecule is C[C@@H](O)[C@H](NC(=O)[C@H](CS)NC(=O)[C@@H](NC(=O)[C@H](CCCCN)NC(=O)[C@@H](Cc1c[nH]c2ccccc12)NC(=O)[C@H](Cc1cccc2ccccc12)NC(=O)[C@H](CS)NC(=O)[C@H](N)Cc1ccccc1)[C@@H](C)O)C(=O)O. The Balaban J connectivity index is 1.44. The number of nitrogens with two attached hydrogens (primary N) is 2. The first-order chi connectivity index (χ1) is 36.3.